The lowest BCUT2D eigenvalue weighted by atomic mass is 10.0. The number of methoxy groups -OCH3 is 1. The molecule has 108 valence electrons. The van der Waals surface area contributed by atoms with E-state index >= 15 is 0 Å². The molecule has 2 nitrogen and oxygen atoms in total. The van der Waals surface area contributed by atoms with Crippen molar-refractivity contribution in [1.82, 2.24) is 5.32 Å². The average Bonchev–Trinajstić information content (AvgIpc) is 2.86. The zero-order valence-corrected chi connectivity index (χ0v) is 14.5. The Morgan fingerprint density at radius 2 is 2.10 bits per heavy atom. The van der Waals surface area contributed by atoms with Crippen molar-refractivity contribution in [2.75, 3.05) is 13.7 Å². The summed E-state index contributed by atoms with van der Waals surface area (Å²) in [6.45, 7) is 5.31. The van der Waals surface area contributed by atoms with Crippen LogP contribution < -0.4 is 10.1 Å². The van der Waals surface area contributed by atoms with Gasteiger partial charge in [0.25, 0.3) is 0 Å². The molecule has 1 unspecified atom stereocenters. The van der Waals surface area contributed by atoms with E-state index in [0.29, 0.717) is 0 Å². The fourth-order valence-electron chi connectivity index (χ4n) is 2.19. The molecule has 0 spiro atoms. The van der Waals surface area contributed by atoms with Crippen molar-refractivity contribution in [3.8, 4) is 5.75 Å². The molecule has 1 aromatic carbocycles. The van der Waals surface area contributed by atoms with Crippen molar-refractivity contribution in [3.05, 3.63) is 50.1 Å². The van der Waals surface area contributed by atoms with E-state index in [1.165, 1.54) is 15.3 Å². The molecule has 0 aliphatic heterocycles. The van der Waals surface area contributed by atoms with E-state index in [4.69, 9.17) is 4.74 Å². The lowest BCUT2D eigenvalue weighted by Crippen LogP contribution is -2.23. The number of ether oxygens (including phenoxy) is 1. The Labute approximate surface area is 133 Å². The van der Waals surface area contributed by atoms with Crippen LogP contribution in [0.1, 0.15) is 34.7 Å². The van der Waals surface area contributed by atoms with Gasteiger partial charge in [0, 0.05) is 19.8 Å². The van der Waals surface area contributed by atoms with E-state index < -0.39 is 0 Å². The van der Waals surface area contributed by atoms with Gasteiger partial charge in [-0.25, -0.2) is 0 Å². The summed E-state index contributed by atoms with van der Waals surface area (Å²) in [5.74, 6) is 0.924. The first kappa shape index (κ1) is 15.5. The van der Waals surface area contributed by atoms with Crippen molar-refractivity contribution < 1.29 is 4.74 Å². The summed E-state index contributed by atoms with van der Waals surface area (Å²) in [6, 6.07) is 10.7. The van der Waals surface area contributed by atoms with Crippen molar-refractivity contribution in [2.24, 2.45) is 0 Å². The minimum atomic E-state index is 0.182. The van der Waals surface area contributed by atoms with Crippen LogP contribution in [0.4, 0.5) is 0 Å². The van der Waals surface area contributed by atoms with Crippen LogP contribution in [-0.4, -0.2) is 13.7 Å². The molecule has 1 aromatic heterocycles. The standard InChI is InChI=1S/C16H20BrNOS/c1-4-9-18-16(15-8-5-11(2)20-15)13-10-12(17)6-7-14(13)19-3/h5-8,10,16,18H,4,9H2,1-3H3. The van der Waals surface area contributed by atoms with Crippen molar-refractivity contribution in [3.63, 3.8) is 0 Å². The van der Waals surface area contributed by atoms with Crippen LogP contribution in [0.15, 0.2) is 34.8 Å². The first-order valence-electron chi connectivity index (χ1n) is 6.79. The maximum absolute atomic E-state index is 5.53. The summed E-state index contributed by atoms with van der Waals surface area (Å²) >= 11 is 5.39. The maximum atomic E-state index is 5.53. The molecule has 1 atom stereocenters. The maximum Gasteiger partial charge on any atom is 0.124 e. The van der Waals surface area contributed by atoms with Crippen LogP contribution in [0.3, 0.4) is 0 Å². The molecule has 1 N–H and O–H groups in total. The quantitative estimate of drug-likeness (QED) is 0.795. The van der Waals surface area contributed by atoms with Gasteiger partial charge in [-0.1, -0.05) is 22.9 Å². The van der Waals surface area contributed by atoms with Crippen LogP contribution in [-0.2, 0) is 0 Å². The summed E-state index contributed by atoms with van der Waals surface area (Å²) in [5.41, 5.74) is 1.18. The molecule has 20 heavy (non-hydrogen) atoms. The summed E-state index contributed by atoms with van der Waals surface area (Å²) < 4.78 is 6.61. The van der Waals surface area contributed by atoms with Gasteiger partial charge in [-0.05, 0) is 50.2 Å². The SMILES string of the molecule is CCCNC(c1ccc(C)s1)c1cc(Br)ccc1OC. The van der Waals surface area contributed by atoms with Crippen LogP contribution in [0.2, 0.25) is 0 Å². The number of hydrogen-bond donors (Lipinski definition) is 1. The molecule has 0 saturated heterocycles. The van der Waals surface area contributed by atoms with Gasteiger partial charge in [-0.3, -0.25) is 0 Å². The van der Waals surface area contributed by atoms with Gasteiger partial charge in [0.05, 0.1) is 13.2 Å². The van der Waals surface area contributed by atoms with Gasteiger partial charge in [-0.2, -0.15) is 0 Å². The Kier molecular flexibility index (Phi) is 5.64. The largest absolute Gasteiger partial charge is 0.496 e. The van der Waals surface area contributed by atoms with Gasteiger partial charge in [0.15, 0.2) is 0 Å². The van der Waals surface area contributed by atoms with Crippen LogP contribution in [0, 0.1) is 6.92 Å². The molecule has 0 bridgehead atoms. The molecular formula is C16H20BrNOS. The fraction of sp³-hybridized carbons (Fsp3) is 0.375. The normalized spacial score (nSPS) is 12.4. The molecule has 0 radical (unpaired) electrons. The molecule has 0 amide bonds. The number of hydrogen-bond acceptors (Lipinski definition) is 3. The molecule has 1 heterocycles. The summed E-state index contributed by atoms with van der Waals surface area (Å²) in [6.07, 6.45) is 1.11. The molecule has 0 aliphatic rings. The van der Waals surface area contributed by atoms with Gasteiger partial charge in [-0.15, -0.1) is 11.3 Å². The highest BCUT2D eigenvalue weighted by Gasteiger charge is 2.19. The Hall–Kier alpha value is -0.840. The highest BCUT2D eigenvalue weighted by Crippen LogP contribution is 2.35. The minimum absolute atomic E-state index is 0.182. The van der Waals surface area contributed by atoms with Crippen molar-refractivity contribution in [2.45, 2.75) is 26.3 Å². The molecular weight excluding hydrogens is 334 g/mol. The summed E-state index contributed by atoms with van der Waals surface area (Å²) in [5, 5.41) is 3.63. The van der Waals surface area contributed by atoms with Crippen LogP contribution >= 0.6 is 27.3 Å². The van der Waals surface area contributed by atoms with E-state index in [0.717, 1.165) is 23.2 Å². The zero-order chi connectivity index (χ0) is 14.5. The van der Waals surface area contributed by atoms with Crippen molar-refractivity contribution in [1.29, 1.82) is 0 Å². The number of aryl methyl sites for hydroxylation is 1. The molecule has 0 fully saturated rings. The second-order valence-electron chi connectivity index (χ2n) is 4.72. The monoisotopic (exact) mass is 353 g/mol. The number of rotatable bonds is 6. The number of benzene rings is 1. The number of nitrogens with one attached hydrogen (secondary N) is 1. The highest BCUT2D eigenvalue weighted by atomic mass is 79.9. The first-order valence-corrected chi connectivity index (χ1v) is 8.39. The Bertz CT molecular complexity index is 567. The number of thiophene rings is 1. The van der Waals surface area contributed by atoms with E-state index in [9.17, 15) is 0 Å². The van der Waals surface area contributed by atoms with Crippen LogP contribution in [0.25, 0.3) is 0 Å². The molecule has 2 rings (SSSR count). The summed E-state index contributed by atoms with van der Waals surface area (Å²) in [7, 11) is 1.73. The highest BCUT2D eigenvalue weighted by molar-refractivity contribution is 9.10. The third-order valence-corrected chi connectivity index (χ3v) is 4.71. The fourth-order valence-corrected chi connectivity index (χ4v) is 3.54. The Morgan fingerprint density at radius 1 is 1.30 bits per heavy atom. The van der Waals surface area contributed by atoms with E-state index in [2.05, 4.69) is 53.3 Å². The molecule has 4 heteroatoms. The lowest BCUT2D eigenvalue weighted by Gasteiger charge is -2.20. The molecule has 0 aliphatic carbocycles. The number of halogens is 1. The Balaban J connectivity index is 2.42. The Morgan fingerprint density at radius 3 is 2.70 bits per heavy atom. The molecule has 2 aromatic rings. The second-order valence-corrected chi connectivity index (χ2v) is 6.96. The van der Waals surface area contributed by atoms with Gasteiger partial charge < -0.3 is 10.1 Å². The first-order chi connectivity index (χ1) is 9.65. The van der Waals surface area contributed by atoms with Gasteiger partial charge in [0.2, 0.25) is 0 Å². The average molecular weight is 354 g/mol. The molecule has 0 saturated carbocycles. The smallest absolute Gasteiger partial charge is 0.124 e. The lowest BCUT2D eigenvalue weighted by molar-refractivity contribution is 0.404. The third kappa shape index (κ3) is 3.62. The van der Waals surface area contributed by atoms with Gasteiger partial charge >= 0.3 is 0 Å². The minimum Gasteiger partial charge on any atom is -0.496 e. The zero-order valence-electron chi connectivity index (χ0n) is 12.1. The van der Waals surface area contributed by atoms with E-state index in [1.54, 1.807) is 7.11 Å². The third-order valence-electron chi connectivity index (χ3n) is 3.15. The van der Waals surface area contributed by atoms with Crippen molar-refractivity contribution >= 4 is 27.3 Å². The van der Waals surface area contributed by atoms with Crippen LogP contribution in [0.5, 0.6) is 5.75 Å². The van der Waals surface area contributed by atoms with Gasteiger partial charge in [0.1, 0.15) is 5.75 Å². The summed E-state index contributed by atoms with van der Waals surface area (Å²) in [4.78, 5) is 2.66. The second kappa shape index (κ2) is 7.25. The predicted octanol–water partition coefficient (Wildman–Crippen LogP) is 4.92. The van der Waals surface area contributed by atoms with E-state index in [-0.39, 0.29) is 6.04 Å². The topological polar surface area (TPSA) is 21.3 Å². The van der Waals surface area contributed by atoms with E-state index in [1.807, 2.05) is 23.5 Å². The predicted molar refractivity (Wildman–Crippen MR) is 89.9 cm³/mol.